The van der Waals surface area contributed by atoms with E-state index in [0.717, 1.165) is 32.8 Å². The maximum Gasteiger partial charge on any atom is 0.302 e. The van der Waals surface area contributed by atoms with E-state index in [2.05, 4.69) is 4.90 Å². The van der Waals surface area contributed by atoms with Crippen LogP contribution in [0, 0.1) is 0 Å². The van der Waals surface area contributed by atoms with Gasteiger partial charge < -0.3 is 9.47 Å². The van der Waals surface area contributed by atoms with Crippen molar-refractivity contribution in [3.8, 4) is 0 Å². The van der Waals surface area contributed by atoms with E-state index in [-0.39, 0.29) is 5.97 Å². The molecule has 0 saturated carbocycles. The van der Waals surface area contributed by atoms with Gasteiger partial charge in [-0.05, 0) is 6.08 Å². The van der Waals surface area contributed by atoms with Gasteiger partial charge in [0.15, 0.2) is 0 Å². The zero-order chi connectivity index (χ0) is 10.2. The predicted octanol–water partition coefficient (Wildman–Crippen LogP) is 0.438. The summed E-state index contributed by atoms with van der Waals surface area (Å²) >= 11 is 0. The average molecular weight is 199 g/mol. The van der Waals surface area contributed by atoms with Crippen LogP contribution in [0.1, 0.15) is 6.92 Å². The normalized spacial score (nSPS) is 18.6. The molecule has 0 aromatic heterocycles. The lowest BCUT2D eigenvalue weighted by Crippen LogP contribution is -2.36. The summed E-state index contributed by atoms with van der Waals surface area (Å²) in [6.07, 6.45) is 3.89. The van der Waals surface area contributed by atoms with E-state index in [1.54, 1.807) is 0 Å². The third-order valence-electron chi connectivity index (χ3n) is 2.02. The molecule has 1 heterocycles. The number of ether oxygens (including phenoxy) is 2. The van der Waals surface area contributed by atoms with Gasteiger partial charge in [-0.3, -0.25) is 9.69 Å². The Morgan fingerprint density at radius 2 is 2.14 bits per heavy atom. The molecule has 0 unspecified atom stereocenters. The molecule has 1 fully saturated rings. The molecule has 1 rings (SSSR count). The van der Waals surface area contributed by atoms with Crippen molar-refractivity contribution in [2.75, 3.05) is 39.5 Å². The highest BCUT2D eigenvalue weighted by atomic mass is 16.5. The number of hydrogen-bond acceptors (Lipinski definition) is 4. The monoisotopic (exact) mass is 199 g/mol. The lowest BCUT2D eigenvalue weighted by molar-refractivity contribution is -0.139. The molecule has 0 atom stereocenters. The first-order chi connectivity index (χ1) is 6.79. The van der Waals surface area contributed by atoms with Gasteiger partial charge in [-0.1, -0.05) is 6.08 Å². The van der Waals surface area contributed by atoms with Crippen molar-refractivity contribution in [1.82, 2.24) is 4.90 Å². The third-order valence-corrected chi connectivity index (χ3v) is 2.02. The number of nitrogens with zero attached hydrogens (tertiary/aromatic N) is 1. The average Bonchev–Trinajstić information content (AvgIpc) is 2.18. The predicted molar refractivity (Wildman–Crippen MR) is 53.0 cm³/mol. The second kappa shape index (κ2) is 6.56. The fourth-order valence-electron chi connectivity index (χ4n) is 1.24. The molecule has 80 valence electrons. The first kappa shape index (κ1) is 11.2. The maximum absolute atomic E-state index is 10.4. The Bertz CT molecular complexity index is 198. The Morgan fingerprint density at radius 1 is 1.43 bits per heavy atom. The summed E-state index contributed by atoms with van der Waals surface area (Å²) in [6.45, 7) is 6.30. The molecule has 4 heteroatoms. The van der Waals surface area contributed by atoms with Crippen LogP contribution in [0.25, 0.3) is 0 Å². The van der Waals surface area contributed by atoms with E-state index in [9.17, 15) is 4.79 Å². The fraction of sp³-hybridized carbons (Fsp3) is 0.700. The van der Waals surface area contributed by atoms with E-state index in [4.69, 9.17) is 9.47 Å². The number of esters is 1. The molecule has 4 nitrogen and oxygen atoms in total. The van der Waals surface area contributed by atoms with Crippen LogP contribution in [-0.4, -0.2) is 50.3 Å². The SMILES string of the molecule is CC(=O)OC/C=C/CN1CCOCC1. The van der Waals surface area contributed by atoms with Crippen LogP contribution >= 0.6 is 0 Å². The Balaban J connectivity index is 2.03. The zero-order valence-corrected chi connectivity index (χ0v) is 8.57. The standard InChI is InChI=1S/C10H17NO3/c1-10(12)14-7-3-2-4-11-5-8-13-9-6-11/h2-3H,4-9H2,1H3/b3-2+. The Morgan fingerprint density at radius 3 is 2.79 bits per heavy atom. The molecule has 0 bridgehead atoms. The van der Waals surface area contributed by atoms with Gasteiger partial charge in [-0.25, -0.2) is 0 Å². The van der Waals surface area contributed by atoms with Gasteiger partial charge in [0.1, 0.15) is 6.61 Å². The van der Waals surface area contributed by atoms with Crippen LogP contribution in [0.5, 0.6) is 0 Å². The van der Waals surface area contributed by atoms with E-state index < -0.39 is 0 Å². The van der Waals surface area contributed by atoms with Crippen LogP contribution < -0.4 is 0 Å². The lowest BCUT2D eigenvalue weighted by atomic mass is 10.4. The molecular formula is C10H17NO3. The van der Waals surface area contributed by atoms with Crippen molar-refractivity contribution in [2.24, 2.45) is 0 Å². The third kappa shape index (κ3) is 4.99. The highest BCUT2D eigenvalue weighted by Crippen LogP contribution is 1.96. The van der Waals surface area contributed by atoms with Crippen LogP contribution in [0.2, 0.25) is 0 Å². The van der Waals surface area contributed by atoms with Crippen molar-refractivity contribution in [2.45, 2.75) is 6.92 Å². The number of carbonyl (C=O) groups excluding carboxylic acids is 1. The van der Waals surface area contributed by atoms with Crippen LogP contribution in [0.4, 0.5) is 0 Å². The molecular weight excluding hydrogens is 182 g/mol. The molecule has 14 heavy (non-hydrogen) atoms. The molecule has 0 amide bonds. The summed E-state index contributed by atoms with van der Waals surface area (Å²) in [7, 11) is 0. The van der Waals surface area contributed by atoms with Crippen molar-refractivity contribution < 1.29 is 14.3 Å². The van der Waals surface area contributed by atoms with Crippen molar-refractivity contribution in [3.63, 3.8) is 0 Å². The molecule has 0 aromatic carbocycles. The van der Waals surface area contributed by atoms with Crippen molar-refractivity contribution in [1.29, 1.82) is 0 Å². The first-order valence-corrected chi connectivity index (χ1v) is 4.87. The molecule has 0 aliphatic carbocycles. The van der Waals surface area contributed by atoms with E-state index in [0.29, 0.717) is 6.61 Å². The maximum atomic E-state index is 10.4. The first-order valence-electron chi connectivity index (χ1n) is 4.87. The van der Waals surface area contributed by atoms with E-state index >= 15 is 0 Å². The smallest absolute Gasteiger partial charge is 0.302 e. The van der Waals surface area contributed by atoms with Gasteiger partial charge in [-0.2, -0.15) is 0 Å². The Kier molecular flexibility index (Phi) is 5.25. The van der Waals surface area contributed by atoms with Crippen LogP contribution in [0.3, 0.4) is 0 Å². The minimum atomic E-state index is -0.235. The summed E-state index contributed by atoms with van der Waals surface area (Å²) in [4.78, 5) is 12.7. The number of morpholine rings is 1. The summed E-state index contributed by atoms with van der Waals surface area (Å²) in [5.74, 6) is -0.235. The van der Waals surface area contributed by atoms with Gasteiger partial charge in [0.2, 0.25) is 0 Å². The Hall–Kier alpha value is -0.870. The second-order valence-electron chi connectivity index (χ2n) is 3.19. The lowest BCUT2D eigenvalue weighted by Gasteiger charge is -2.25. The van der Waals surface area contributed by atoms with Gasteiger partial charge in [0, 0.05) is 26.6 Å². The molecule has 0 radical (unpaired) electrons. The fourth-order valence-corrected chi connectivity index (χ4v) is 1.24. The van der Waals surface area contributed by atoms with Gasteiger partial charge in [0.05, 0.1) is 13.2 Å². The molecule has 1 aliphatic rings. The number of hydrogen-bond donors (Lipinski definition) is 0. The molecule has 0 N–H and O–H groups in total. The highest BCUT2D eigenvalue weighted by Gasteiger charge is 2.07. The quantitative estimate of drug-likeness (QED) is 0.486. The van der Waals surface area contributed by atoms with Gasteiger partial charge in [-0.15, -0.1) is 0 Å². The summed E-state index contributed by atoms with van der Waals surface area (Å²) in [5.41, 5.74) is 0. The van der Waals surface area contributed by atoms with Crippen LogP contribution in [-0.2, 0) is 14.3 Å². The number of carbonyl (C=O) groups is 1. The number of rotatable bonds is 4. The van der Waals surface area contributed by atoms with Crippen LogP contribution in [0.15, 0.2) is 12.2 Å². The van der Waals surface area contributed by atoms with Crippen molar-refractivity contribution in [3.05, 3.63) is 12.2 Å². The van der Waals surface area contributed by atoms with E-state index in [1.807, 2.05) is 12.2 Å². The molecule has 1 saturated heterocycles. The summed E-state index contributed by atoms with van der Waals surface area (Å²) in [6, 6.07) is 0. The van der Waals surface area contributed by atoms with Gasteiger partial charge in [0.25, 0.3) is 0 Å². The molecule has 1 aliphatic heterocycles. The topological polar surface area (TPSA) is 38.8 Å². The largest absolute Gasteiger partial charge is 0.462 e. The van der Waals surface area contributed by atoms with E-state index in [1.165, 1.54) is 6.92 Å². The Labute approximate surface area is 84.5 Å². The zero-order valence-electron chi connectivity index (χ0n) is 8.57. The molecule has 0 spiro atoms. The van der Waals surface area contributed by atoms with Gasteiger partial charge >= 0.3 is 5.97 Å². The van der Waals surface area contributed by atoms with Crippen molar-refractivity contribution >= 4 is 5.97 Å². The highest BCUT2D eigenvalue weighted by molar-refractivity contribution is 5.65. The summed E-state index contributed by atoms with van der Waals surface area (Å²) in [5, 5.41) is 0. The summed E-state index contributed by atoms with van der Waals surface area (Å²) < 4.78 is 9.99. The minimum Gasteiger partial charge on any atom is -0.462 e. The minimum absolute atomic E-state index is 0.235. The second-order valence-corrected chi connectivity index (χ2v) is 3.19. The molecule has 0 aromatic rings.